The van der Waals surface area contributed by atoms with Crippen molar-refractivity contribution in [3.05, 3.63) is 16.4 Å². The molecule has 0 aliphatic rings. The zero-order chi connectivity index (χ0) is 14.0. The van der Waals surface area contributed by atoms with Crippen LogP contribution in [0.15, 0.2) is 9.37 Å². The molecule has 0 aromatic carbocycles. The highest BCUT2D eigenvalue weighted by atomic mass is 32.2. The first kappa shape index (κ1) is 14.2. The molecule has 5 nitrogen and oxygen atoms in total. The summed E-state index contributed by atoms with van der Waals surface area (Å²) in [6.07, 6.45) is 0. The van der Waals surface area contributed by atoms with E-state index in [0.29, 0.717) is 5.92 Å². The summed E-state index contributed by atoms with van der Waals surface area (Å²) in [5.74, 6) is 2.02. The summed E-state index contributed by atoms with van der Waals surface area (Å²) in [5.41, 5.74) is 1.05. The predicted molar refractivity (Wildman–Crippen MR) is 79.2 cm³/mol. The maximum absolute atomic E-state index is 4.64. The summed E-state index contributed by atoms with van der Waals surface area (Å²) >= 11 is 3.13. The second kappa shape index (κ2) is 5.83. The molecule has 0 aliphatic carbocycles. The Morgan fingerprint density at radius 2 is 1.89 bits per heavy atom. The van der Waals surface area contributed by atoms with Gasteiger partial charge in [0.15, 0.2) is 4.34 Å². The highest BCUT2D eigenvalue weighted by molar-refractivity contribution is 8.01. The van der Waals surface area contributed by atoms with Crippen molar-refractivity contribution in [3.8, 4) is 0 Å². The normalized spacial score (nSPS) is 11.1. The number of rotatable bonds is 4. The van der Waals surface area contributed by atoms with Crippen molar-refractivity contribution in [2.45, 2.75) is 43.0 Å². The zero-order valence-corrected chi connectivity index (χ0v) is 13.3. The number of aromatic nitrogens is 4. The molecule has 0 bridgehead atoms. The van der Waals surface area contributed by atoms with E-state index in [2.05, 4.69) is 39.3 Å². The molecule has 102 valence electrons. The van der Waals surface area contributed by atoms with Gasteiger partial charge in [0.05, 0.1) is 0 Å². The zero-order valence-electron chi connectivity index (χ0n) is 11.7. The van der Waals surface area contributed by atoms with Gasteiger partial charge in [-0.15, -0.1) is 10.2 Å². The number of anilines is 1. The fourth-order valence-electron chi connectivity index (χ4n) is 1.52. The smallest absolute Gasteiger partial charge is 0.180 e. The maximum atomic E-state index is 4.64. The van der Waals surface area contributed by atoms with Gasteiger partial charge in [-0.05, 0) is 25.6 Å². The Hall–Kier alpha value is -1.21. The van der Waals surface area contributed by atoms with Gasteiger partial charge in [-0.25, -0.2) is 9.97 Å². The summed E-state index contributed by atoms with van der Waals surface area (Å²) in [6, 6.07) is 0. The van der Waals surface area contributed by atoms with Crippen LogP contribution in [0.4, 0.5) is 5.82 Å². The van der Waals surface area contributed by atoms with Gasteiger partial charge < -0.3 is 5.32 Å². The average molecular weight is 295 g/mol. The Balaban J connectivity index is 2.40. The second-order valence-corrected chi connectivity index (χ2v) is 6.87. The van der Waals surface area contributed by atoms with Gasteiger partial charge >= 0.3 is 0 Å². The van der Waals surface area contributed by atoms with Crippen LogP contribution in [0.25, 0.3) is 0 Å². The Labute approximate surface area is 121 Å². The lowest BCUT2D eigenvalue weighted by atomic mass is 10.2. The number of hydrogen-bond donors (Lipinski definition) is 1. The Bertz CT molecular complexity index is 579. The number of nitrogens with zero attached hydrogens (tertiary/aromatic N) is 4. The van der Waals surface area contributed by atoms with Crippen LogP contribution < -0.4 is 5.32 Å². The quantitative estimate of drug-likeness (QED) is 0.873. The van der Waals surface area contributed by atoms with Crippen LogP contribution in [0.5, 0.6) is 0 Å². The van der Waals surface area contributed by atoms with Crippen molar-refractivity contribution in [2.75, 3.05) is 12.4 Å². The van der Waals surface area contributed by atoms with E-state index >= 15 is 0 Å². The predicted octanol–water partition coefficient (Wildman–Crippen LogP) is 3.26. The van der Waals surface area contributed by atoms with E-state index in [1.54, 1.807) is 23.1 Å². The van der Waals surface area contributed by atoms with E-state index in [4.69, 9.17) is 0 Å². The third-order valence-electron chi connectivity index (χ3n) is 2.56. The third-order valence-corrected chi connectivity index (χ3v) is 4.54. The molecule has 0 saturated heterocycles. The van der Waals surface area contributed by atoms with Crippen LogP contribution in [0.1, 0.15) is 36.2 Å². The molecule has 7 heteroatoms. The van der Waals surface area contributed by atoms with Crippen LogP contribution >= 0.6 is 23.1 Å². The van der Waals surface area contributed by atoms with Crippen molar-refractivity contribution in [1.82, 2.24) is 20.2 Å². The molecule has 0 unspecified atom stereocenters. The average Bonchev–Trinajstić information content (AvgIpc) is 2.77. The largest absolute Gasteiger partial charge is 0.373 e. The van der Waals surface area contributed by atoms with Crippen molar-refractivity contribution in [1.29, 1.82) is 0 Å². The molecule has 0 amide bonds. The van der Waals surface area contributed by atoms with Crippen LogP contribution in [0.2, 0.25) is 0 Å². The molecule has 1 N–H and O–H groups in total. The molecule has 19 heavy (non-hydrogen) atoms. The molecule has 2 aromatic rings. The summed E-state index contributed by atoms with van der Waals surface area (Å²) in [6.45, 7) is 8.15. The fraction of sp³-hybridized carbons (Fsp3) is 0.500. The number of hydrogen-bond acceptors (Lipinski definition) is 7. The number of nitrogens with one attached hydrogen (secondary N) is 1. The van der Waals surface area contributed by atoms with Gasteiger partial charge in [0.1, 0.15) is 21.7 Å². The molecular formula is C12H17N5S2. The van der Waals surface area contributed by atoms with Crippen LogP contribution in [0.3, 0.4) is 0 Å². The highest BCUT2D eigenvalue weighted by Crippen LogP contribution is 2.33. The lowest BCUT2D eigenvalue weighted by Gasteiger charge is -2.12. The third kappa shape index (κ3) is 3.22. The lowest BCUT2D eigenvalue weighted by Crippen LogP contribution is -2.06. The van der Waals surface area contributed by atoms with Crippen molar-refractivity contribution in [2.24, 2.45) is 0 Å². The van der Waals surface area contributed by atoms with Gasteiger partial charge in [-0.2, -0.15) is 0 Å². The lowest BCUT2D eigenvalue weighted by molar-refractivity contribution is 0.749. The first-order valence-electron chi connectivity index (χ1n) is 6.05. The molecule has 2 rings (SSSR count). The summed E-state index contributed by atoms with van der Waals surface area (Å²) in [7, 11) is 1.88. The molecular weight excluding hydrogens is 278 g/mol. The van der Waals surface area contributed by atoms with Gasteiger partial charge in [0.25, 0.3) is 0 Å². The molecule has 0 saturated carbocycles. The van der Waals surface area contributed by atoms with Gasteiger partial charge in [0, 0.05) is 18.5 Å². The van der Waals surface area contributed by atoms with E-state index in [0.717, 1.165) is 31.6 Å². The minimum absolute atomic E-state index is 0.295. The van der Waals surface area contributed by atoms with E-state index in [9.17, 15) is 0 Å². The van der Waals surface area contributed by atoms with E-state index in [1.165, 1.54) is 0 Å². The molecule has 0 spiro atoms. The summed E-state index contributed by atoms with van der Waals surface area (Å²) < 4.78 is 0.913. The Kier molecular flexibility index (Phi) is 4.36. The first-order chi connectivity index (χ1) is 9.01. The van der Waals surface area contributed by atoms with Gasteiger partial charge in [0.2, 0.25) is 0 Å². The number of aryl methyl sites for hydroxylation is 1. The van der Waals surface area contributed by atoms with E-state index in [1.807, 2.05) is 20.9 Å². The minimum Gasteiger partial charge on any atom is -0.373 e. The van der Waals surface area contributed by atoms with Crippen molar-refractivity contribution < 1.29 is 0 Å². The standard InChI is InChI=1S/C12H17N5S2/c1-6(2)9-14-10(13-5)7(3)11(15-9)19-12-17-16-8(4)18-12/h6H,1-5H3,(H,13,14,15). The van der Waals surface area contributed by atoms with Crippen LogP contribution in [0, 0.1) is 13.8 Å². The van der Waals surface area contributed by atoms with E-state index in [-0.39, 0.29) is 0 Å². The van der Waals surface area contributed by atoms with Crippen LogP contribution in [-0.4, -0.2) is 27.2 Å². The fourth-order valence-corrected chi connectivity index (χ4v) is 3.33. The maximum Gasteiger partial charge on any atom is 0.180 e. The molecule has 0 radical (unpaired) electrons. The monoisotopic (exact) mass is 295 g/mol. The SMILES string of the molecule is CNc1nc(C(C)C)nc(Sc2nnc(C)s2)c1C. The molecule has 0 fully saturated rings. The van der Waals surface area contributed by atoms with E-state index < -0.39 is 0 Å². The van der Waals surface area contributed by atoms with Crippen molar-refractivity contribution >= 4 is 28.9 Å². The van der Waals surface area contributed by atoms with Crippen molar-refractivity contribution in [3.63, 3.8) is 0 Å². The minimum atomic E-state index is 0.295. The molecule has 0 aliphatic heterocycles. The highest BCUT2D eigenvalue weighted by Gasteiger charge is 2.15. The summed E-state index contributed by atoms with van der Waals surface area (Å²) in [5, 5.41) is 13.2. The van der Waals surface area contributed by atoms with Crippen LogP contribution in [-0.2, 0) is 0 Å². The Morgan fingerprint density at radius 1 is 1.16 bits per heavy atom. The topological polar surface area (TPSA) is 63.6 Å². The van der Waals surface area contributed by atoms with Gasteiger partial charge in [-0.3, -0.25) is 0 Å². The second-order valence-electron chi connectivity index (χ2n) is 4.45. The summed E-state index contributed by atoms with van der Waals surface area (Å²) in [4.78, 5) is 9.17. The molecule has 0 atom stereocenters. The van der Waals surface area contributed by atoms with Gasteiger partial charge in [-0.1, -0.05) is 25.2 Å². The Morgan fingerprint density at radius 3 is 2.42 bits per heavy atom. The molecule has 2 heterocycles. The first-order valence-corrected chi connectivity index (χ1v) is 7.68. The molecule has 2 aromatic heterocycles.